The highest BCUT2D eigenvalue weighted by Crippen LogP contribution is 2.37. The number of anilines is 1. The summed E-state index contributed by atoms with van der Waals surface area (Å²) < 4.78 is 0. The lowest BCUT2D eigenvalue weighted by atomic mass is 10.1. The summed E-state index contributed by atoms with van der Waals surface area (Å²) in [5.74, 6) is -1.20. The second-order valence-corrected chi connectivity index (χ2v) is 5.61. The highest BCUT2D eigenvalue weighted by atomic mass is 35.5. The van der Waals surface area contributed by atoms with Gasteiger partial charge in [0.05, 0.1) is 16.3 Å². The number of aryl methyl sites for hydroxylation is 1. The maximum atomic E-state index is 11.6. The van der Waals surface area contributed by atoms with Crippen molar-refractivity contribution in [3.8, 4) is 0 Å². The number of ketones is 1. The van der Waals surface area contributed by atoms with Gasteiger partial charge in [0.25, 0.3) is 11.7 Å². The Balaban J connectivity index is 1.98. The molecule has 100 valence electrons. The number of hydrogen-bond donors (Lipinski definition) is 1. The molecule has 1 aliphatic rings. The zero-order chi connectivity index (χ0) is 14.3. The Morgan fingerprint density at radius 1 is 1.30 bits per heavy atom. The number of carbonyl (C=O) groups is 2. The van der Waals surface area contributed by atoms with E-state index in [9.17, 15) is 9.59 Å². The summed E-state index contributed by atoms with van der Waals surface area (Å²) in [6, 6.07) is 4.96. The van der Waals surface area contributed by atoms with Crippen LogP contribution in [0, 0.1) is 6.92 Å². The largest absolute Gasteiger partial charge is 0.318 e. The van der Waals surface area contributed by atoms with Gasteiger partial charge in [0, 0.05) is 16.8 Å². The predicted molar refractivity (Wildman–Crippen MR) is 75.3 cm³/mol. The molecule has 7 heteroatoms. The first-order valence-electron chi connectivity index (χ1n) is 5.71. The highest BCUT2D eigenvalue weighted by molar-refractivity contribution is 7.99. The van der Waals surface area contributed by atoms with Gasteiger partial charge in [-0.25, -0.2) is 9.97 Å². The fourth-order valence-corrected chi connectivity index (χ4v) is 2.91. The molecule has 0 saturated carbocycles. The van der Waals surface area contributed by atoms with Crippen LogP contribution < -0.4 is 5.32 Å². The topological polar surface area (TPSA) is 72.0 Å². The van der Waals surface area contributed by atoms with Crippen molar-refractivity contribution in [3.63, 3.8) is 0 Å². The van der Waals surface area contributed by atoms with Crippen LogP contribution in [0.15, 0.2) is 34.4 Å². The van der Waals surface area contributed by atoms with Crippen LogP contribution in [0.5, 0.6) is 0 Å². The molecule has 0 aliphatic carbocycles. The summed E-state index contributed by atoms with van der Waals surface area (Å²) in [7, 11) is 0. The first-order chi connectivity index (χ1) is 9.54. The lowest BCUT2D eigenvalue weighted by Crippen LogP contribution is -2.12. The molecule has 20 heavy (non-hydrogen) atoms. The SMILES string of the molecule is Cc1ccnc(Sc2cc3c(cc2Cl)C(=O)C(=O)N3)n1. The molecule has 2 heterocycles. The van der Waals surface area contributed by atoms with E-state index in [1.807, 2.05) is 6.92 Å². The summed E-state index contributed by atoms with van der Waals surface area (Å²) in [5.41, 5.74) is 1.62. The molecule has 3 rings (SSSR count). The van der Waals surface area contributed by atoms with Gasteiger partial charge in [0.2, 0.25) is 0 Å². The van der Waals surface area contributed by atoms with Crippen molar-refractivity contribution in [2.24, 2.45) is 0 Å². The molecule has 0 bridgehead atoms. The zero-order valence-corrected chi connectivity index (χ0v) is 11.9. The van der Waals surface area contributed by atoms with E-state index in [4.69, 9.17) is 11.6 Å². The molecule has 0 fully saturated rings. The predicted octanol–water partition coefficient (Wildman–Crippen LogP) is 2.72. The van der Waals surface area contributed by atoms with Crippen molar-refractivity contribution in [1.29, 1.82) is 0 Å². The number of aromatic nitrogens is 2. The normalized spacial score (nSPS) is 13.3. The summed E-state index contributed by atoms with van der Waals surface area (Å²) in [5, 5.41) is 3.46. The van der Waals surface area contributed by atoms with E-state index < -0.39 is 11.7 Å². The third-order valence-corrected chi connectivity index (χ3v) is 4.11. The minimum atomic E-state index is -0.634. The third-order valence-electron chi connectivity index (χ3n) is 2.75. The zero-order valence-electron chi connectivity index (χ0n) is 10.3. The summed E-state index contributed by atoms with van der Waals surface area (Å²) >= 11 is 7.42. The van der Waals surface area contributed by atoms with Gasteiger partial charge in [0.15, 0.2) is 5.16 Å². The number of fused-ring (bicyclic) bond motifs is 1. The van der Waals surface area contributed by atoms with Crippen molar-refractivity contribution >= 4 is 40.7 Å². The van der Waals surface area contributed by atoms with E-state index in [2.05, 4.69) is 15.3 Å². The number of nitrogens with zero attached hydrogens (tertiary/aromatic N) is 2. The number of benzene rings is 1. The standard InChI is InChI=1S/C13H8ClN3O2S/c1-6-2-3-15-13(16-6)20-10-5-9-7(4-8(10)14)11(18)12(19)17-9/h2-5H,1H3,(H,17,18,19). The van der Waals surface area contributed by atoms with Crippen LogP contribution >= 0.6 is 23.4 Å². The Labute approximate surface area is 123 Å². The van der Waals surface area contributed by atoms with Gasteiger partial charge in [-0.05, 0) is 36.9 Å². The third kappa shape index (κ3) is 2.28. The molecule has 1 N–H and O–H groups in total. The number of rotatable bonds is 2. The van der Waals surface area contributed by atoms with Crippen LogP contribution in [0.4, 0.5) is 5.69 Å². The lowest BCUT2D eigenvalue weighted by Gasteiger charge is -2.06. The van der Waals surface area contributed by atoms with E-state index >= 15 is 0 Å². The number of hydrogen-bond acceptors (Lipinski definition) is 5. The molecule has 0 unspecified atom stereocenters. The van der Waals surface area contributed by atoms with Crippen LogP contribution in [-0.2, 0) is 4.79 Å². The number of Topliss-reactive ketones (excluding diaryl/α,β-unsaturated/α-hetero) is 1. The second-order valence-electron chi connectivity index (χ2n) is 4.19. The van der Waals surface area contributed by atoms with Crippen molar-refractivity contribution in [2.45, 2.75) is 17.0 Å². The van der Waals surface area contributed by atoms with Gasteiger partial charge in [-0.3, -0.25) is 9.59 Å². The van der Waals surface area contributed by atoms with Crippen molar-refractivity contribution in [2.75, 3.05) is 5.32 Å². The minimum absolute atomic E-state index is 0.300. The minimum Gasteiger partial charge on any atom is -0.318 e. The molecule has 1 aromatic heterocycles. The molecule has 0 spiro atoms. The van der Waals surface area contributed by atoms with Crippen molar-refractivity contribution < 1.29 is 9.59 Å². The van der Waals surface area contributed by atoms with Gasteiger partial charge in [0.1, 0.15) is 0 Å². The summed E-state index contributed by atoms with van der Waals surface area (Å²) in [6.07, 6.45) is 1.66. The highest BCUT2D eigenvalue weighted by Gasteiger charge is 2.29. The Morgan fingerprint density at radius 3 is 2.85 bits per heavy atom. The number of carbonyl (C=O) groups excluding carboxylic acids is 2. The van der Waals surface area contributed by atoms with Gasteiger partial charge in [-0.15, -0.1) is 0 Å². The quantitative estimate of drug-likeness (QED) is 0.682. The lowest BCUT2D eigenvalue weighted by molar-refractivity contribution is -0.112. The molecule has 5 nitrogen and oxygen atoms in total. The Bertz CT molecular complexity index is 748. The monoisotopic (exact) mass is 305 g/mol. The summed E-state index contributed by atoms with van der Waals surface area (Å²) in [4.78, 5) is 32.0. The first kappa shape index (κ1) is 13.1. The fourth-order valence-electron chi connectivity index (χ4n) is 1.80. The van der Waals surface area contributed by atoms with Gasteiger partial charge in [-0.2, -0.15) is 0 Å². The first-order valence-corrected chi connectivity index (χ1v) is 6.91. The van der Waals surface area contributed by atoms with Crippen LogP contribution in [0.3, 0.4) is 0 Å². The Hall–Kier alpha value is -1.92. The fraction of sp³-hybridized carbons (Fsp3) is 0.0769. The van der Waals surface area contributed by atoms with E-state index in [1.165, 1.54) is 17.8 Å². The number of amides is 1. The maximum absolute atomic E-state index is 11.6. The van der Waals surface area contributed by atoms with Gasteiger partial charge >= 0.3 is 0 Å². The molecule has 1 aliphatic heterocycles. The molecule has 0 saturated heterocycles. The smallest absolute Gasteiger partial charge is 0.296 e. The average molecular weight is 306 g/mol. The van der Waals surface area contributed by atoms with Crippen LogP contribution in [0.2, 0.25) is 5.02 Å². The average Bonchev–Trinajstić information content (AvgIpc) is 2.66. The molecular formula is C13H8ClN3O2S. The number of nitrogens with one attached hydrogen (secondary N) is 1. The van der Waals surface area contributed by atoms with Crippen LogP contribution in [0.25, 0.3) is 0 Å². The molecule has 0 radical (unpaired) electrons. The van der Waals surface area contributed by atoms with E-state index in [0.29, 0.717) is 26.3 Å². The van der Waals surface area contributed by atoms with Crippen LogP contribution in [-0.4, -0.2) is 21.7 Å². The molecule has 0 atom stereocenters. The van der Waals surface area contributed by atoms with Crippen molar-refractivity contribution in [3.05, 3.63) is 40.7 Å². The molecular weight excluding hydrogens is 298 g/mol. The maximum Gasteiger partial charge on any atom is 0.296 e. The summed E-state index contributed by atoms with van der Waals surface area (Å²) in [6.45, 7) is 1.87. The Morgan fingerprint density at radius 2 is 2.10 bits per heavy atom. The molecule has 1 aromatic carbocycles. The Kier molecular flexibility index (Phi) is 3.19. The van der Waals surface area contributed by atoms with E-state index in [1.54, 1.807) is 18.3 Å². The molecule has 2 aromatic rings. The van der Waals surface area contributed by atoms with Crippen LogP contribution in [0.1, 0.15) is 16.1 Å². The van der Waals surface area contributed by atoms with Crippen molar-refractivity contribution in [1.82, 2.24) is 9.97 Å². The van der Waals surface area contributed by atoms with Gasteiger partial charge < -0.3 is 5.32 Å². The van der Waals surface area contributed by atoms with Gasteiger partial charge in [-0.1, -0.05) is 11.6 Å². The molecule has 1 amide bonds. The van der Waals surface area contributed by atoms with E-state index in [0.717, 1.165) is 5.69 Å². The van der Waals surface area contributed by atoms with E-state index in [-0.39, 0.29) is 0 Å². The second kappa shape index (κ2) is 4.88. The number of halogens is 1.